The van der Waals surface area contributed by atoms with Crippen molar-refractivity contribution in [3.63, 3.8) is 0 Å². The molecule has 0 atom stereocenters. The Kier molecular flexibility index (Phi) is 3.59. The summed E-state index contributed by atoms with van der Waals surface area (Å²) < 4.78 is 1.64. The summed E-state index contributed by atoms with van der Waals surface area (Å²) in [5.74, 6) is 0. The summed E-state index contributed by atoms with van der Waals surface area (Å²) in [5.41, 5.74) is 0.900. The number of nitro benzene ring substituents is 1. The van der Waals surface area contributed by atoms with Gasteiger partial charge in [0.2, 0.25) is 0 Å². The topological polar surface area (TPSA) is 81.2 Å². The number of hydrogen-bond acceptors (Lipinski definition) is 4. The summed E-state index contributed by atoms with van der Waals surface area (Å²) in [6, 6.07) is 4.55. The van der Waals surface area contributed by atoms with Crippen LogP contribution in [0, 0.1) is 10.1 Å². The van der Waals surface area contributed by atoms with Crippen LogP contribution >= 0.6 is 11.6 Å². The second-order valence-electron chi connectivity index (χ2n) is 3.69. The van der Waals surface area contributed by atoms with E-state index in [1.807, 2.05) is 0 Å². The molecule has 0 amide bonds. The number of nitrogens with zero attached hydrogens (tertiary/aromatic N) is 3. The standard InChI is InChI=1S/C11H10ClN3O3/c12-10-2-1-3-11(15(17)18)9(10)5-14-4-8(6-16)13-7-14/h1-4,7,16H,5-6H2. The van der Waals surface area contributed by atoms with E-state index in [0.717, 1.165) is 0 Å². The Hall–Kier alpha value is -1.92. The quantitative estimate of drug-likeness (QED) is 0.678. The van der Waals surface area contributed by atoms with E-state index in [9.17, 15) is 10.1 Å². The molecule has 0 unspecified atom stereocenters. The molecule has 0 saturated carbocycles. The summed E-state index contributed by atoms with van der Waals surface area (Å²) in [6.07, 6.45) is 3.12. The van der Waals surface area contributed by atoms with Gasteiger partial charge in [0.15, 0.2) is 0 Å². The van der Waals surface area contributed by atoms with Gasteiger partial charge in [0.25, 0.3) is 5.69 Å². The highest BCUT2D eigenvalue weighted by molar-refractivity contribution is 6.31. The molecule has 0 aliphatic carbocycles. The predicted octanol–water partition coefficient (Wildman–Crippen LogP) is 1.99. The van der Waals surface area contributed by atoms with Crippen LogP contribution in [0.4, 0.5) is 5.69 Å². The molecule has 1 N–H and O–H groups in total. The molecule has 2 aromatic rings. The van der Waals surface area contributed by atoms with E-state index in [4.69, 9.17) is 16.7 Å². The van der Waals surface area contributed by atoms with Crippen molar-refractivity contribution < 1.29 is 10.0 Å². The minimum Gasteiger partial charge on any atom is -0.390 e. The van der Waals surface area contributed by atoms with Crippen LogP contribution in [-0.2, 0) is 13.2 Å². The third-order valence-corrected chi connectivity index (χ3v) is 2.83. The van der Waals surface area contributed by atoms with Gasteiger partial charge in [0.1, 0.15) is 0 Å². The lowest BCUT2D eigenvalue weighted by molar-refractivity contribution is -0.385. The Balaban J connectivity index is 2.36. The Bertz CT molecular complexity index is 583. The van der Waals surface area contributed by atoms with Crippen molar-refractivity contribution in [2.75, 3.05) is 0 Å². The average molecular weight is 268 g/mol. The number of aliphatic hydroxyl groups excluding tert-OH is 1. The molecule has 18 heavy (non-hydrogen) atoms. The number of aromatic nitrogens is 2. The van der Waals surface area contributed by atoms with Gasteiger partial charge >= 0.3 is 0 Å². The highest BCUT2D eigenvalue weighted by Crippen LogP contribution is 2.27. The molecule has 6 nitrogen and oxygen atoms in total. The van der Waals surface area contributed by atoms with Gasteiger partial charge in [-0.2, -0.15) is 0 Å². The molecule has 0 fully saturated rings. The van der Waals surface area contributed by atoms with Gasteiger partial charge in [-0.1, -0.05) is 17.7 Å². The number of rotatable bonds is 4. The lowest BCUT2D eigenvalue weighted by Gasteiger charge is -2.05. The van der Waals surface area contributed by atoms with E-state index in [1.165, 1.54) is 18.5 Å². The van der Waals surface area contributed by atoms with Crippen LogP contribution in [0.25, 0.3) is 0 Å². The van der Waals surface area contributed by atoms with Crippen molar-refractivity contribution >= 4 is 17.3 Å². The van der Waals surface area contributed by atoms with Crippen LogP contribution in [0.5, 0.6) is 0 Å². The third kappa shape index (κ3) is 2.49. The third-order valence-electron chi connectivity index (χ3n) is 2.48. The van der Waals surface area contributed by atoms with E-state index in [1.54, 1.807) is 16.8 Å². The molecule has 94 valence electrons. The van der Waals surface area contributed by atoms with E-state index in [0.29, 0.717) is 16.3 Å². The van der Waals surface area contributed by atoms with Gasteiger partial charge in [-0.3, -0.25) is 10.1 Å². The molecule has 0 spiro atoms. The SMILES string of the molecule is O=[N+]([O-])c1cccc(Cl)c1Cn1cnc(CO)c1. The summed E-state index contributed by atoms with van der Waals surface area (Å²) in [4.78, 5) is 14.4. The second-order valence-corrected chi connectivity index (χ2v) is 4.10. The molecule has 1 aromatic heterocycles. The van der Waals surface area contributed by atoms with Crippen molar-refractivity contribution in [2.45, 2.75) is 13.2 Å². The van der Waals surface area contributed by atoms with Crippen LogP contribution < -0.4 is 0 Å². The molecular formula is C11H10ClN3O3. The monoisotopic (exact) mass is 267 g/mol. The first-order valence-corrected chi connectivity index (χ1v) is 5.53. The van der Waals surface area contributed by atoms with Crippen LogP contribution in [0.15, 0.2) is 30.7 Å². The minimum absolute atomic E-state index is 0.0262. The van der Waals surface area contributed by atoms with Crippen molar-refractivity contribution in [3.8, 4) is 0 Å². The Morgan fingerprint density at radius 1 is 1.50 bits per heavy atom. The van der Waals surface area contributed by atoms with Crippen molar-refractivity contribution in [1.29, 1.82) is 0 Å². The lowest BCUT2D eigenvalue weighted by Crippen LogP contribution is -2.02. The van der Waals surface area contributed by atoms with E-state index in [-0.39, 0.29) is 18.8 Å². The van der Waals surface area contributed by atoms with Crippen molar-refractivity contribution in [2.24, 2.45) is 0 Å². The molecule has 7 heteroatoms. The maximum Gasteiger partial charge on any atom is 0.275 e. The highest BCUT2D eigenvalue weighted by Gasteiger charge is 2.16. The molecular weight excluding hydrogens is 258 g/mol. The molecule has 1 aromatic carbocycles. The zero-order chi connectivity index (χ0) is 13.1. The first kappa shape index (κ1) is 12.5. The Morgan fingerprint density at radius 3 is 2.89 bits per heavy atom. The van der Waals surface area contributed by atoms with Gasteiger partial charge in [-0.15, -0.1) is 0 Å². The summed E-state index contributed by atoms with van der Waals surface area (Å²) >= 11 is 5.98. The largest absolute Gasteiger partial charge is 0.390 e. The second kappa shape index (κ2) is 5.16. The molecule has 0 aliphatic rings. The summed E-state index contributed by atoms with van der Waals surface area (Å²) in [7, 11) is 0. The number of aliphatic hydroxyl groups is 1. The van der Waals surface area contributed by atoms with Gasteiger partial charge in [0.05, 0.1) is 40.7 Å². The Labute approximate surface area is 108 Å². The smallest absolute Gasteiger partial charge is 0.275 e. The zero-order valence-electron chi connectivity index (χ0n) is 9.28. The fourth-order valence-corrected chi connectivity index (χ4v) is 1.86. The zero-order valence-corrected chi connectivity index (χ0v) is 10.0. The van der Waals surface area contributed by atoms with Crippen LogP contribution in [0.1, 0.15) is 11.3 Å². The maximum atomic E-state index is 10.9. The van der Waals surface area contributed by atoms with Gasteiger partial charge in [-0.05, 0) is 6.07 Å². The first-order valence-electron chi connectivity index (χ1n) is 5.15. The number of halogens is 1. The van der Waals surface area contributed by atoms with Crippen molar-refractivity contribution in [1.82, 2.24) is 9.55 Å². The molecule has 0 radical (unpaired) electrons. The number of hydrogen-bond donors (Lipinski definition) is 1. The maximum absolute atomic E-state index is 10.9. The number of benzene rings is 1. The lowest BCUT2D eigenvalue weighted by atomic mass is 10.2. The minimum atomic E-state index is -0.467. The number of imidazole rings is 1. The highest BCUT2D eigenvalue weighted by atomic mass is 35.5. The first-order chi connectivity index (χ1) is 8.61. The molecule has 0 aliphatic heterocycles. The van der Waals surface area contributed by atoms with Crippen LogP contribution in [0.2, 0.25) is 5.02 Å². The molecule has 2 rings (SSSR count). The number of nitro groups is 1. The summed E-state index contributed by atoms with van der Waals surface area (Å²) in [6.45, 7) is 0.0700. The Morgan fingerprint density at radius 2 is 2.28 bits per heavy atom. The van der Waals surface area contributed by atoms with E-state index in [2.05, 4.69) is 4.98 Å². The fraction of sp³-hybridized carbons (Fsp3) is 0.182. The van der Waals surface area contributed by atoms with Crippen molar-refractivity contribution in [3.05, 3.63) is 57.1 Å². The normalized spacial score (nSPS) is 10.6. The fourth-order valence-electron chi connectivity index (χ4n) is 1.63. The van der Waals surface area contributed by atoms with Gasteiger partial charge < -0.3 is 9.67 Å². The van der Waals surface area contributed by atoms with Gasteiger partial charge in [0, 0.05) is 12.3 Å². The average Bonchev–Trinajstić information content (AvgIpc) is 2.79. The molecule has 0 saturated heterocycles. The van der Waals surface area contributed by atoms with Crippen LogP contribution in [0.3, 0.4) is 0 Å². The molecule has 1 heterocycles. The van der Waals surface area contributed by atoms with Crippen LogP contribution in [-0.4, -0.2) is 19.6 Å². The van der Waals surface area contributed by atoms with E-state index >= 15 is 0 Å². The van der Waals surface area contributed by atoms with Gasteiger partial charge in [-0.25, -0.2) is 4.98 Å². The molecule has 0 bridgehead atoms. The van der Waals surface area contributed by atoms with E-state index < -0.39 is 4.92 Å². The predicted molar refractivity (Wildman–Crippen MR) is 65.4 cm³/mol. The summed E-state index contributed by atoms with van der Waals surface area (Å²) in [5, 5.41) is 20.1.